The van der Waals surface area contributed by atoms with E-state index in [1.165, 1.54) is 35.7 Å². The number of ketones is 2. The summed E-state index contributed by atoms with van der Waals surface area (Å²) in [5, 5.41) is 12.2. The summed E-state index contributed by atoms with van der Waals surface area (Å²) in [4.78, 5) is 79.0. The van der Waals surface area contributed by atoms with E-state index in [4.69, 9.17) is 0 Å². The van der Waals surface area contributed by atoms with E-state index in [0.29, 0.717) is 24.3 Å². The van der Waals surface area contributed by atoms with E-state index in [1.54, 1.807) is 38.3 Å². The molecule has 0 aliphatic carbocycles. The zero-order valence-electron chi connectivity index (χ0n) is 26.7. The predicted molar refractivity (Wildman–Crippen MR) is 169 cm³/mol. The molecule has 43 heavy (non-hydrogen) atoms. The van der Waals surface area contributed by atoms with Gasteiger partial charge in [-0.25, -0.2) is 4.79 Å². The number of urea groups is 1. The van der Waals surface area contributed by atoms with E-state index < -0.39 is 59.1 Å². The van der Waals surface area contributed by atoms with Gasteiger partial charge in [-0.3, -0.25) is 24.0 Å². The highest BCUT2D eigenvalue weighted by molar-refractivity contribution is 7.12. The van der Waals surface area contributed by atoms with Gasteiger partial charge in [0.25, 0.3) is 5.91 Å². The lowest BCUT2D eigenvalue weighted by Crippen LogP contribution is -2.61. The van der Waals surface area contributed by atoms with Gasteiger partial charge in [-0.05, 0) is 42.5 Å². The summed E-state index contributed by atoms with van der Waals surface area (Å²) < 4.78 is 0. The first-order chi connectivity index (χ1) is 20.1. The number of carbonyl (C=O) groups excluding carboxylic acids is 6. The fourth-order valence-corrected chi connectivity index (χ4v) is 5.07. The maximum Gasteiger partial charge on any atom is 0.316 e. The summed E-state index contributed by atoms with van der Waals surface area (Å²) >= 11 is 1.29. The largest absolute Gasteiger partial charge is 0.346 e. The normalized spacial score (nSPS) is 16.6. The predicted octanol–water partition coefficient (Wildman–Crippen LogP) is 3.45. The number of likely N-dealkylation sites (tertiary alicyclic amines) is 1. The molecule has 1 aromatic rings. The summed E-state index contributed by atoms with van der Waals surface area (Å²) in [5.74, 6) is -3.06. The summed E-state index contributed by atoms with van der Waals surface area (Å²) in [5.41, 5.74) is -0.727. The van der Waals surface area contributed by atoms with Gasteiger partial charge in [0, 0.05) is 13.1 Å². The maximum atomic E-state index is 13.7. The Bertz CT molecular complexity index is 1130. The van der Waals surface area contributed by atoms with Crippen molar-refractivity contribution in [3.8, 4) is 0 Å². The van der Waals surface area contributed by atoms with Crippen molar-refractivity contribution in [1.82, 2.24) is 26.2 Å². The summed E-state index contributed by atoms with van der Waals surface area (Å²) in [6.45, 7) is 18.6. The van der Waals surface area contributed by atoms with Crippen molar-refractivity contribution < 1.29 is 28.8 Å². The Morgan fingerprint density at radius 2 is 1.70 bits per heavy atom. The minimum atomic E-state index is -1.09. The van der Waals surface area contributed by atoms with Crippen LogP contribution in [0.2, 0.25) is 0 Å². The molecule has 1 aliphatic heterocycles. The highest BCUT2D eigenvalue weighted by Crippen LogP contribution is 2.26. The van der Waals surface area contributed by atoms with Gasteiger partial charge in [-0.2, -0.15) is 0 Å². The second-order valence-electron chi connectivity index (χ2n) is 12.0. The first-order valence-electron chi connectivity index (χ1n) is 14.8. The standard InChI is InChI=1S/C28H41N5O6S.C3H8/c1-8-13-29-25(37)21(34)17(4)30-24(36)18-11-9-14-33(18)26(38)23(28(5,6)7)32-27(39)31-20(16(2)3)22(35)19-12-10-15-40-19;1-3-2/h8,10,12,15-18,20,23H,1,9,11,13-14H2,2-7H3,(H,29,37)(H,30,36)(H2,31,32,39);3H2,1-2H3/t17?,18-,20?,23?;/m0./s1. The van der Waals surface area contributed by atoms with Crippen molar-refractivity contribution in [2.45, 2.75) is 98.8 Å². The van der Waals surface area contributed by atoms with E-state index >= 15 is 0 Å². The molecule has 12 heteroatoms. The molecule has 4 N–H and O–H groups in total. The molecule has 3 unspecified atom stereocenters. The fraction of sp³-hybridized carbons (Fsp3) is 0.613. The fourth-order valence-electron chi connectivity index (χ4n) is 4.36. The highest BCUT2D eigenvalue weighted by Gasteiger charge is 2.43. The van der Waals surface area contributed by atoms with Crippen LogP contribution in [0.15, 0.2) is 30.2 Å². The number of carbonyl (C=O) groups is 6. The van der Waals surface area contributed by atoms with Gasteiger partial charge in [-0.15, -0.1) is 17.9 Å². The molecule has 1 saturated heterocycles. The van der Waals surface area contributed by atoms with Gasteiger partial charge in [0.15, 0.2) is 5.78 Å². The number of rotatable bonds is 12. The van der Waals surface area contributed by atoms with Crippen molar-refractivity contribution in [3.63, 3.8) is 0 Å². The second kappa shape index (κ2) is 17.5. The molecule has 240 valence electrons. The van der Waals surface area contributed by atoms with E-state index in [0.717, 1.165) is 0 Å². The third-order valence-corrected chi connectivity index (χ3v) is 7.49. The molecule has 5 amide bonds. The van der Waals surface area contributed by atoms with Crippen LogP contribution in [0.5, 0.6) is 0 Å². The van der Waals surface area contributed by atoms with Crippen LogP contribution in [-0.2, 0) is 19.2 Å². The number of hydrogen-bond donors (Lipinski definition) is 4. The van der Waals surface area contributed by atoms with Crippen molar-refractivity contribution in [1.29, 1.82) is 0 Å². The summed E-state index contributed by atoms with van der Waals surface area (Å²) in [7, 11) is 0. The van der Waals surface area contributed by atoms with Crippen molar-refractivity contribution in [2.75, 3.05) is 13.1 Å². The number of hydrogen-bond acceptors (Lipinski definition) is 7. The Labute approximate surface area is 259 Å². The molecule has 2 rings (SSSR count). The molecule has 0 aromatic carbocycles. The zero-order chi connectivity index (χ0) is 32.9. The van der Waals surface area contributed by atoms with Crippen LogP contribution in [0.1, 0.15) is 84.3 Å². The van der Waals surface area contributed by atoms with Gasteiger partial charge >= 0.3 is 6.03 Å². The van der Waals surface area contributed by atoms with Crippen LogP contribution in [0, 0.1) is 11.3 Å². The Hall–Kier alpha value is -3.54. The lowest BCUT2D eigenvalue weighted by atomic mass is 9.85. The molecule has 0 bridgehead atoms. The number of amides is 5. The molecule has 4 atom stereocenters. The van der Waals surface area contributed by atoms with Crippen LogP contribution >= 0.6 is 11.3 Å². The van der Waals surface area contributed by atoms with E-state index in [9.17, 15) is 28.8 Å². The molecule has 11 nitrogen and oxygen atoms in total. The lowest BCUT2D eigenvalue weighted by Gasteiger charge is -2.36. The number of Topliss-reactive ketones (excluding diaryl/α,β-unsaturated/α-hetero) is 2. The van der Waals surface area contributed by atoms with E-state index in [-0.39, 0.29) is 18.2 Å². The van der Waals surface area contributed by atoms with Crippen molar-refractivity contribution >= 4 is 46.7 Å². The zero-order valence-corrected chi connectivity index (χ0v) is 27.6. The minimum Gasteiger partial charge on any atom is -0.346 e. The molecule has 0 saturated carbocycles. The molecule has 1 aromatic heterocycles. The monoisotopic (exact) mass is 619 g/mol. The summed E-state index contributed by atoms with van der Waals surface area (Å²) in [6.07, 6.45) is 3.61. The molecular formula is C31H49N5O6S. The van der Waals surface area contributed by atoms with Crippen LogP contribution in [0.4, 0.5) is 4.79 Å². The smallest absolute Gasteiger partial charge is 0.316 e. The van der Waals surface area contributed by atoms with Crippen LogP contribution in [-0.4, -0.2) is 77.5 Å². The Morgan fingerprint density at radius 1 is 1.07 bits per heavy atom. The topological polar surface area (TPSA) is 154 Å². The van der Waals surface area contributed by atoms with Gasteiger partial charge in [-0.1, -0.05) is 67.0 Å². The molecule has 0 spiro atoms. The minimum absolute atomic E-state index is 0.116. The average molecular weight is 620 g/mol. The van der Waals surface area contributed by atoms with Gasteiger partial charge < -0.3 is 26.2 Å². The summed E-state index contributed by atoms with van der Waals surface area (Å²) in [6, 6.07) is -0.952. The number of thiophene rings is 1. The average Bonchev–Trinajstić information content (AvgIpc) is 3.65. The Morgan fingerprint density at radius 3 is 2.21 bits per heavy atom. The maximum absolute atomic E-state index is 13.7. The van der Waals surface area contributed by atoms with Crippen LogP contribution < -0.4 is 21.3 Å². The number of nitrogens with one attached hydrogen (secondary N) is 4. The SMILES string of the molecule is C=CCNC(=O)C(=O)C(C)NC(=O)[C@@H]1CCCN1C(=O)C(NC(=O)NC(C(=O)c1cccs1)C(C)C)C(C)(C)C.CCC. The second-order valence-corrected chi connectivity index (χ2v) is 12.9. The first kappa shape index (κ1) is 37.5. The highest BCUT2D eigenvalue weighted by atomic mass is 32.1. The van der Waals surface area contributed by atoms with Gasteiger partial charge in [0.05, 0.1) is 17.0 Å². The third-order valence-electron chi connectivity index (χ3n) is 6.61. The van der Waals surface area contributed by atoms with Crippen LogP contribution in [0.25, 0.3) is 0 Å². The Balaban J connectivity index is 0.00000295. The molecule has 0 radical (unpaired) electrons. The van der Waals surface area contributed by atoms with Crippen molar-refractivity contribution in [3.05, 3.63) is 35.0 Å². The van der Waals surface area contributed by atoms with Crippen molar-refractivity contribution in [2.24, 2.45) is 11.3 Å². The molecule has 2 heterocycles. The van der Waals surface area contributed by atoms with Gasteiger partial charge in [0.2, 0.25) is 17.6 Å². The molecule has 1 fully saturated rings. The quantitative estimate of drug-likeness (QED) is 0.160. The first-order valence-corrected chi connectivity index (χ1v) is 15.7. The lowest BCUT2D eigenvalue weighted by molar-refractivity contribution is -0.143. The molecular weight excluding hydrogens is 570 g/mol. The Kier molecular flexibility index (Phi) is 15.3. The van der Waals surface area contributed by atoms with E-state index in [2.05, 4.69) is 41.7 Å². The number of nitrogens with zero attached hydrogens (tertiary/aromatic N) is 1. The van der Waals surface area contributed by atoms with Crippen LogP contribution in [0.3, 0.4) is 0 Å². The third kappa shape index (κ3) is 11.2. The van der Waals surface area contributed by atoms with Gasteiger partial charge in [0.1, 0.15) is 12.1 Å². The van der Waals surface area contributed by atoms with E-state index in [1.807, 2.05) is 13.8 Å². The molecule has 1 aliphatic rings.